The van der Waals surface area contributed by atoms with Crippen LogP contribution in [0.3, 0.4) is 0 Å². The third-order valence-electron chi connectivity index (χ3n) is 2.71. The molecule has 0 aliphatic carbocycles. The summed E-state index contributed by atoms with van der Waals surface area (Å²) in [6, 6.07) is 4.36. The lowest BCUT2D eigenvalue weighted by atomic mass is 10.3. The van der Waals surface area contributed by atoms with E-state index >= 15 is 0 Å². The summed E-state index contributed by atoms with van der Waals surface area (Å²) in [6.07, 6.45) is 3.44. The van der Waals surface area contributed by atoms with E-state index in [9.17, 15) is 8.78 Å². The fourth-order valence-electron chi connectivity index (χ4n) is 1.76. The Hall–Kier alpha value is -1.91. The van der Waals surface area contributed by atoms with Gasteiger partial charge in [0.2, 0.25) is 0 Å². The minimum Gasteiger partial charge on any atom is -0.377 e. The zero-order valence-electron chi connectivity index (χ0n) is 10.3. The maximum atomic E-state index is 13.4. The van der Waals surface area contributed by atoms with E-state index in [1.165, 1.54) is 12.1 Å². The van der Waals surface area contributed by atoms with Crippen LogP contribution in [0.2, 0.25) is 0 Å². The standard InChI is InChI=1S/C13H15F2N3/c1-9(2)18-8-16-6-10(18)7-17-12-5-3-4-11(14)13(12)15/h3-6,8-9,17H,7H2,1-2H3. The minimum absolute atomic E-state index is 0.159. The quantitative estimate of drug-likeness (QED) is 0.903. The normalized spacial score (nSPS) is 10.9. The van der Waals surface area contributed by atoms with Gasteiger partial charge in [-0.05, 0) is 26.0 Å². The number of imidazole rings is 1. The largest absolute Gasteiger partial charge is 0.377 e. The molecule has 1 N–H and O–H groups in total. The molecule has 5 heteroatoms. The van der Waals surface area contributed by atoms with Crippen LogP contribution < -0.4 is 5.32 Å². The van der Waals surface area contributed by atoms with Gasteiger partial charge < -0.3 is 9.88 Å². The first-order valence-corrected chi connectivity index (χ1v) is 5.78. The number of nitrogens with zero attached hydrogens (tertiary/aromatic N) is 2. The summed E-state index contributed by atoms with van der Waals surface area (Å²) in [5.74, 6) is -1.70. The molecule has 3 nitrogen and oxygen atoms in total. The van der Waals surface area contributed by atoms with Crippen LogP contribution in [0.25, 0.3) is 0 Å². The average molecular weight is 251 g/mol. The molecule has 0 amide bonds. The number of aromatic nitrogens is 2. The van der Waals surface area contributed by atoms with E-state index in [1.807, 2.05) is 18.4 Å². The molecule has 0 bridgehead atoms. The van der Waals surface area contributed by atoms with Gasteiger partial charge in [0.05, 0.1) is 24.3 Å². The topological polar surface area (TPSA) is 29.9 Å². The summed E-state index contributed by atoms with van der Waals surface area (Å²) < 4.78 is 28.4. The van der Waals surface area contributed by atoms with Crippen LogP contribution in [0.1, 0.15) is 25.6 Å². The molecular weight excluding hydrogens is 236 g/mol. The Balaban J connectivity index is 2.12. The second-order valence-corrected chi connectivity index (χ2v) is 4.34. The van der Waals surface area contributed by atoms with Crippen LogP contribution in [0.15, 0.2) is 30.7 Å². The van der Waals surface area contributed by atoms with Gasteiger partial charge in [-0.1, -0.05) is 6.07 Å². The summed E-state index contributed by atoms with van der Waals surface area (Å²) >= 11 is 0. The van der Waals surface area contributed by atoms with Gasteiger partial charge in [-0.3, -0.25) is 0 Å². The number of anilines is 1. The Morgan fingerprint density at radius 1 is 1.33 bits per heavy atom. The Kier molecular flexibility index (Phi) is 3.60. The summed E-state index contributed by atoms with van der Waals surface area (Å²) in [7, 11) is 0. The molecule has 1 heterocycles. The average Bonchev–Trinajstić information content (AvgIpc) is 2.79. The van der Waals surface area contributed by atoms with Gasteiger partial charge in [0.1, 0.15) is 0 Å². The molecule has 0 aliphatic rings. The molecule has 0 saturated carbocycles. The fraction of sp³-hybridized carbons (Fsp3) is 0.308. The summed E-state index contributed by atoms with van der Waals surface area (Å²) in [6.45, 7) is 4.47. The molecule has 0 radical (unpaired) electrons. The molecular formula is C13H15F2N3. The second kappa shape index (κ2) is 5.16. The van der Waals surface area contributed by atoms with Crippen molar-refractivity contribution in [1.29, 1.82) is 0 Å². The van der Waals surface area contributed by atoms with Gasteiger partial charge in [0, 0.05) is 12.2 Å². The van der Waals surface area contributed by atoms with Crippen molar-refractivity contribution < 1.29 is 8.78 Å². The van der Waals surface area contributed by atoms with Gasteiger partial charge in [0.15, 0.2) is 11.6 Å². The van der Waals surface area contributed by atoms with Gasteiger partial charge in [0.25, 0.3) is 0 Å². The van der Waals surface area contributed by atoms with E-state index < -0.39 is 11.6 Å². The molecule has 1 aromatic carbocycles. The van der Waals surface area contributed by atoms with E-state index in [4.69, 9.17) is 0 Å². The minimum atomic E-state index is -0.854. The Morgan fingerprint density at radius 2 is 2.11 bits per heavy atom. The van der Waals surface area contributed by atoms with Crippen molar-refractivity contribution in [3.63, 3.8) is 0 Å². The Morgan fingerprint density at radius 3 is 2.83 bits per heavy atom. The van der Waals surface area contributed by atoms with Crippen LogP contribution >= 0.6 is 0 Å². The molecule has 1 aromatic heterocycles. The summed E-state index contributed by atoms with van der Waals surface area (Å²) in [4.78, 5) is 4.05. The zero-order chi connectivity index (χ0) is 13.1. The third kappa shape index (κ3) is 2.50. The van der Waals surface area contributed by atoms with Crippen molar-refractivity contribution >= 4 is 5.69 Å². The summed E-state index contributed by atoms with van der Waals surface area (Å²) in [5, 5.41) is 2.88. The predicted octanol–water partition coefficient (Wildman–Crippen LogP) is 3.35. The summed E-state index contributed by atoms with van der Waals surface area (Å²) in [5.41, 5.74) is 1.08. The van der Waals surface area contributed by atoms with Crippen LogP contribution in [-0.2, 0) is 6.54 Å². The SMILES string of the molecule is CC(C)n1cncc1CNc1cccc(F)c1F. The van der Waals surface area contributed by atoms with E-state index in [2.05, 4.69) is 10.3 Å². The highest BCUT2D eigenvalue weighted by Gasteiger charge is 2.09. The van der Waals surface area contributed by atoms with E-state index in [0.29, 0.717) is 6.54 Å². The number of halogens is 2. The molecule has 0 aliphatic heterocycles. The molecule has 18 heavy (non-hydrogen) atoms. The first-order chi connectivity index (χ1) is 8.59. The number of hydrogen-bond donors (Lipinski definition) is 1. The van der Waals surface area contributed by atoms with Gasteiger partial charge in [-0.2, -0.15) is 0 Å². The van der Waals surface area contributed by atoms with Crippen molar-refractivity contribution in [2.75, 3.05) is 5.32 Å². The molecule has 0 spiro atoms. The fourth-order valence-corrected chi connectivity index (χ4v) is 1.76. The lowest BCUT2D eigenvalue weighted by molar-refractivity contribution is 0.510. The van der Waals surface area contributed by atoms with Crippen molar-refractivity contribution in [2.24, 2.45) is 0 Å². The monoisotopic (exact) mass is 251 g/mol. The third-order valence-corrected chi connectivity index (χ3v) is 2.71. The van der Waals surface area contributed by atoms with Crippen LogP contribution in [-0.4, -0.2) is 9.55 Å². The van der Waals surface area contributed by atoms with Crippen LogP contribution in [0, 0.1) is 11.6 Å². The van der Waals surface area contributed by atoms with Crippen molar-refractivity contribution in [2.45, 2.75) is 26.4 Å². The molecule has 0 unspecified atom stereocenters. The number of hydrogen-bond acceptors (Lipinski definition) is 2. The van der Waals surface area contributed by atoms with Gasteiger partial charge >= 0.3 is 0 Å². The van der Waals surface area contributed by atoms with E-state index in [1.54, 1.807) is 12.5 Å². The van der Waals surface area contributed by atoms with Crippen LogP contribution in [0.4, 0.5) is 14.5 Å². The highest BCUT2D eigenvalue weighted by Crippen LogP contribution is 2.18. The van der Waals surface area contributed by atoms with Crippen molar-refractivity contribution in [1.82, 2.24) is 9.55 Å². The highest BCUT2D eigenvalue weighted by atomic mass is 19.2. The molecule has 0 fully saturated rings. The zero-order valence-corrected chi connectivity index (χ0v) is 10.3. The molecule has 0 atom stereocenters. The predicted molar refractivity (Wildman–Crippen MR) is 66.3 cm³/mol. The number of nitrogens with one attached hydrogen (secondary N) is 1. The lowest BCUT2D eigenvalue weighted by Gasteiger charge is -2.13. The van der Waals surface area contributed by atoms with Crippen molar-refractivity contribution in [3.8, 4) is 0 Å². The van der Waals surface area contributed by atoms with E-state index in [0.717, 1.165) is 11.8 Å². The second-order valence-electron chi connectivity index (χ2n) is 4.34. The maximum Gasteiger partial charge on any atom is 0.181 e. The van der Waals surface area contributed by atoms with Crippen molar-refractivity contribution in [3.05, 3.63) is 48.1 Å². The molecule has 2 rings (SSSR count). The highest BCUT2D eigenvalue weighted by molar-refractivity contribution is 5.45. The first-order valence-electron chi connectivity index (χ1n) is 5.78. The lowest BCUT2D eigenvalue weighted by Crippen LogP contribution is -2.09. The molecule has 0 saturated heterocycles. The number of rotatable bonds is 4. The maximum absolute atomic E-state index is 13.4. The van der Waals surface area contributed by atoms with Gasteiger partial charge in [-0.15, -0.1) is 0 Å². The smallest absolute Gasteiger partial charge is 0.181 e. The number of benzene rings is 1. The first kappa shape index (κ1) is 12.5. The Labute approximate surface area is 104 Å². The van der Waals surface area contributed by atoms with Gasteiger partial charge in [-0.25, -0.2) is 13.8 Å². The van der Waals surface area contributed by atoms with E-state index in [-0.39, 0.29) is 11.7 Å². The van der Waals surface area contributed by atoms with Crippen LogP contribution in [0.5, 0.6) is 0 Å². The molecule has 96 valence electrons. The molecule has 2 aromatic rings. The Bertz CT molecular complexity index is 535.